The van der Waals surface area contributed by atoms with E-state index in [0.717, 1.165) is 18.8 Å². The summed E-state index contributed by atoms with van der Waals surface area (Å²) in [4.78, 5) is 0. The van der Waals surface area contributed by atoms with E-state index in [9.17, 15) is 0 Å². The van der Waals surface area contributed by atoms with Crippen molar-refractivity contribution in [2.24, 2.45) is 5.92 Å². The Bertz CT molecular complexity index is 232. The molecule has 2 nitrogen and oxygen atoms in total. The van der Waals surface area contributed by atoms with E-state index in [1.807, 2.05) is 6.07 Å². The van der Waals surface area contributed by atoms with Crippen molar-refractivity contribution >= 4 is 11.6 Å². The third-order valence-corrected chi connectivity index (χ3v) is 1.68. The summed E-state index contributed by atoms with van der Waals surface area (Å²) in [5.74, 6) is 1.55. The molecule has 0 saturated heterocycles. The van der Waals surface area contributed by atoms with Gasteiger partial charge in [-0.1, -0.05) is 13.8 Å². The summed E-state index contributed by atoms with van der Waals surface area (Å²) in [5, 5.41) is 3.72. The molecule has 0 saturated carbocycles. The van der Waals surface area contributed by atoms with Gasteiger partial charge in [0.1, 0.15) is 5.76 Å². The topological polar surface area (TPSA) is 25.2 Å². The SMILES string of the molecule is CC(C)CNCc1ccc(Cl)o1. The van der Waals surface area contributed by atoms with Gasteiger partial charge in [-0.15, -0.1) is 0 Å². The van der Waals surface area contributed by atoms with E-state index < -0.39 is 0 Å². The fourth-order valence-corrected chi connectivity index (χ4v) is 1.09. The van der Waals surface area contributed by atoms with Gasteiger partial charge in [0.25, 0.3) is 0 Å². The van der Waals surface area contributed by atoms with Crippen molar-refractivity contribution < 1.29 is 4.42 Å². The lowest BCUT2D eigenvalue weighted by Crippen LogP contribution is -2.18. The van der Waals surface area contributed by atoms with Crippen molar-refractivity contribution in [2.45, 2.75) is 20.4 Å². The molecular formula is C9H14ClNO. The Morgan fingerprint density at radius 2 is 2.25 bits per heavy atom. The number of furan rings is 1. The first-order valence-electron chi connectivity index (χ1n) is 4.13. The second-order valence-corrected chi connectivity index (χ2v) is 3.60. The van der Waals surface area contributed by atoms with Crippen molar-refractivity contribution in [3.8, 4) is 0 Å². The molecule has 0 bridgehead atoms. The molecule has 0 aliphatic heterocycles. The third-order valence-electron chi connectivity index (χ3n) is 1.48. The number of hydrogen-bond donors (Lipinski definition) is 1. The molecule has 0 spiro atoms. The van der Waals surface area contributed by atoms with Crippen LogP contribution in [0.5, 0.6) is 0 Å². The van der Waals surface area contributed by atoms with E-state index in [1.165, 1.54) is 0 Å². The molecular weight excluding hydrogens is 174 g/mol. The minimum absolute atomic E-state index is 0.455. The van der Waals surface area contributed by atoms with Crippen molar-refractivity contribution in [3.05, 3.63) is 23.1 Å². The highest BCUT2D eigenvalue weighted by atomic mass is 35.5. The lowest BCUT2D eigenvalue weighted by molar-refractivity contribution is 0.465. The highest BCUT2D eigenvalue weighted by molar-refractivity contribution is 6.28. The van der Waals surface area contributed by atoms with E-state index >= 15 is 0 Å². The maximum Gasteiger partial charge on any atom is 0.193 e. The van der Waals surface area contributed by atoms with Crippen molar-refractivity contribution in [2.75, 3.05) is 6.54 Å². The molecule has 0 aromatic carbocycles. The van der Waals surface area contributed by atoms with Crippen LogP contribution in [-0.2, 0) is 6.54 Å². The van der Waals surface area contributed by atoms with Gasteiger partial charge in [-0.2, -0.15) is 0 Å². The van der Waals surface area contributed by atoms with Gasteiger partial charge < -0.3 is 9.73 Å². The minimum Gasteiger partial charge on any atom is -0.448 e. The van der Waals surface area contributed by atoms with Crippen LogP contribution in [0.2, 0.25) is 5.22 Å². The van der Waals surface area contributed by atoms with E-state index in [2.05, 4.69) is 19.2 Å². The zero-order chi connectivity index (χ0) is 8.97. The van der Waals surface area contributed by atoms with E-state index in [1.54, 1.807) is 6.07 Å². The smallest absolute Gasteiger partial charge is 0.193 e. The van der Waals surface area contributed by atoms with Crippen molar-refractivity contribution in [1.29, 1.82) is 0 Å². The van der Waals surface area contributed by atoms with Crippen LogP contribution in [0.25, 0.3) is 0 Å². The zero-order valence-corrected chi connectivity index (χ0v) is 8.19. The van der Waals surface area contributed by atoms with Crippen LogP contribution in [0.1, 0.15) is 19.6 Å². The average Bonchev–Trinajstić information content (AvgIpc) is 2.35. The molecule has 0 unspecified atom stereocenters. The summed E-state index contributed by atoms with van der Waals surface area (Å²) in [6, 6.07) is 3.64. The zero-order valence-electron chi connectivity index (χ0n) is 7.43. The van der Waals surface area contributed by atoms with Gasteiger partial charge in [-0.05, 0) is 36.2 Å². The first kappa shape index (κ1) is 9.62. The summed E-state index contributed by atoms with van der Waals surface area (Å²) in [6.07, 6.45) is 0. The Morgan fingerprint density at radius 3 is 2.75 bits per heavy atom. The molecule has 1 heterocycles. The molecule has 3 heteroatoms. The fraction of sp³-hybridized carbons (Fsp3) is 0.556. The van der Waals surface area contributed by atoms with Gasteiger partial charge in [0.2, 0.25) is 0 Å². The second kappa shape index (κ2) is 4.53. The Morgan fingerprint density at radius 1 is 1.50 bits per heavy atom. The molecule has 0 amide bonds. The molecule has 0 radical (unpaired) electrons. The molecule has 0 fully saturated rings. The van der Waals surface area contributed by atoms with Crippen LogP contribution in [0.15, 0.2) is 16.5 Å². The van der Waals surface area contributed by atoms with Crippen LogP contribution in [0, 0.1) is 5.92 Å². The van der Waals surface area contributed by atoms with E-state index in [4.69, 9.17) is 16.0 Å². The number of halogens is 1. The Balaban J connectivity index is 2.24. The first-order valence-corrected chi connectivity index (χ1v) is 4.51. The highest BCUT2D eigenvalue weighted by Gasteiger charge is 1.99. The molecule has 68 valence electrons. The fourth-order valence-electron chi connectivity index (χ4n) is 0.931. The van der Waals surface area contributed by atoms with Crippen molar-refractivity contribution in [3.63, 3.8) is 0 Å². The maximum atomic E-state index is 5.61. The predicted octanol–water partition coefficient (Wildman–Crippen LogP) is 2.68. The van der Waals surface area contributed by atoms with Crippen LogP contribution in [0.3, 0.4) is 0 Å². The van der Waals surface area contributed by atoms with Gasteiger partial charge in [0, 0.05) is 0 Å². The molecule has 1 aromatic heterocycles. The van der Waals surface area contributed by atoms with E-state index in [0.29, 0.717) is 11.1 Å². The average molecular weight is 188 g/mol. The standard InChI is InChI=1S/C9H14ClNO/c1-7(2)5-11-6-8-3-4-9(10)12-8/h3-4,7,11H,5-6H2,1-2H3. The first-order chi connectivity index (χ1) is 5.68. The Labute approximate surface area is 77.9 Å². The van der Waals surface area contributed by atoms with Crippen molar-refractivity contribution in [1.82, 2.24) is 5.32 Å². The molecule has 0 aliphatic rings. The maximum absolute atomic E-state index is 5.61. The third kappa shape index (κ3) is 3.28. The predicted molar refractivity (Wildman–Crippen MR) is 50.3 cm³/mol. The summed E-state index contributed by atoms with van der Waals surface area (Å²) in [7, 11) is 0. The summed E-state index contributed by atoms with van der Waals surface area (Å²) < 4.78 is 5.17. The van der Waals surface area contributed by atoms with Crippen LogP contribution < -0.4 is 5.32 Å². The van der Waals surface area contributed by atoms with Crippen LogP contribution in [-0.4, -0.2) is 6.54 Å². The van der Waals surface area contributed by atoms with Gasteiger partial charge >= 0.3 is 0 Å². The summed E-state index contributed by atoms with van der Waals surface area (Å²) >= 11 is 5.61. The number of hydrogen-bond acceptors (Lipinski definition) is 2. The number of rotatable bonds is 4. The summed E-state index contributed by atoms with van der Waals surface area (Å²) in [5.41, 5.74) is 0. The van der Waals surface area contributed by atoms with Gasteiger partial charge in [-0.3, -0.25) is 0 Å². The molecule has 1 rings (SSSR count). The highest BCUT2D eigenvalue weighted by Crippen LogP contribution is 2.12. The van der Waals surface area contributed by atoms with Gasteiger partial charge in [0.15, 0.2) is 5.22 Å². The normalized spacial score (nSPS) is 11.0. The summed E-state index contributed by atoms with van der Waals surface area (Å²) in [6.45, 7) is 6.09. The van der Waals surface area contributed by atoms with Crippen LogP contribution in [0.4, 0.5) is 0 Å². The molecule has 0 aliphatic carbocycles. The lowest BCUT2D eigenvalue weighted by atomic mass is 10.2. The molecule has 0 atom stereocenters. The van der Waals surface area contributed by atoms with E-state index in [-0.39, 0.29) is 0 Å². The second-order valence-electron chi connectivity index (χ2n) is 3.23. The molecule has 12 heavy (non-hydrogen) atoms. The Kier molecular flexibility index (Phi) is 3.63. The van der Waals surface area contributed by atoms with Crippen LogP contribution >= 0.6 is 11.6 Å². The quantitative estimate of drug-likeness (QED) is 0.784. The van der Waals surface area contributed by atoms with Gasteiger partial charge in [0.05, 0.1) is 6.54 Å². The van der Waals surface area contributed by atoms with Gasteiger partial charge in [-0.25, -0.2) is 0 Å². The largest absolute Gasteiger partial charge is 0.448 e. The molecule has 1 N–H and O–H groups in total. The minimum atomic E-state index is 0.455. The lowest BCUT2D eigenvalue weighted by Gasteiger charge is -2.04. The number of nitrogens with one attached hydrogen (secondary N) is 1. The Hall–Kier alpha value is -0.470. The molecule has 1 aromatic rings. The monoisotopic (exact) mass is 187 g/mol.